The highest BCUT2D eigenvalue weighted by molar-refractivity contribution is 5.78. The first kappa shape index (κ1) is 15.7. The number of carbonyl (C=O) groups is 1. The molecule has 1 rings (SSSR count). The molecule has 0 spiro atoms. The molecule has 0 bridgehead atoms. The number of hydrogen-bond acceptors (Lipinski definition) is 4. The maximum atomic E-state index is 12.2. The van der Waals surface area contributed by atoms with Crippen molar-refractivity contribution in [3.63, 3.8) is 0 Å². The second kappa shape index (κ2) is 7.92. The van der Waals surface area contributed by atoms with E-state index in [0.717, 1.165) is 5.56 Å². The van der Waals surface area contributed by atoms with E-state index in [0.29, 0.717) is 26.2 Å². The second-order valence-corrected chi connectivity index (χ2v) is 4.00. The molecule has 0 saturated carbocycles. The minimum absolute atomic E-state index is 0.301. The summed E-state index contributed by atoms with van der Waals surface area (Å²) in [6, 6.07) is 9.64. The molecule has 0 aliphatic carbocycles. The van der Waals surface area contributed by atoms with Gasteiger partial charge in [0.25, 0.3) is 5.79 Å². The summed E-state index contributed by atoms with van der Waals surface area (Å²) in [6.07, 6.45) is 0.342. The second-order valence-electron chi connectivity index (χ2n) is 4.00. The van der Waals surface area contributed by atoms with E-state index in [9.17, 15) is 4.79 Å². The molecular weight excluding hydrogens is 244 g/mol. The van der Waals surface area contributed by atoms with Gasteiger partial charge in [-0.15, -0.1) is 0 Å². The van der Waals surface area contributed by atoms with E-state index in [1.807, 2.05) is 44.2 Å². The molecule has 1 aromatic carbocycles. The quantitative estimate of drug-likeness (QED) is 0.536. The van der Waals surface area contributed by atoms with Crippen molar-refractivity contribution in [1.82, 2.24) is 0 Å². The first-order chi connectivity index (χ1) is 9.18. The zero-order valence-corrected chi connectivity index (χ0v) is 11.8. The van der Waals surface area contributed by atoms with Crippen molar-refractivity contribution in [3.05, 3.63) is 35.9 Å². The highest BCUT2D eigenvalue weighted by Gasteiger charge is 2.42. The molecule has 4 nitrogen and oxygen atoms in total. The van der Waals surface area contributed by atoms with Crippen LogP contribution in [-0.4, -0.2) is 31.6 Å². The Kier molecular flexibility index (Phi) is 6.53. The van der Waals surface area contributed by atoms with Crippen LogP contribution in [-0.2, 0) is 25.4 Å². The monoisotopic (exact) mass is 266 g/mol. The average molecular weight is 266 g/mol. The molecule has 0 aromatic heterocycles. The van der Waals surface area contributed by atoms with E-state index in [2.05, 4.69) is 0 Å². The summed E-state index contributed by atoms with van der Waals surface area (Å²) in [5.41, 5.74) is 0.970. The number of esters is 1. The first-order valence-electron chi connectivity index (χ1n) is 6.67. The number of benzene rings is 1. The maximum Gasteiger partial charge on any atom is 0.367 e. The fraction of sp³-hybridized carbons (Fsp3) is 0.533. The molecule has 0 amide bonds. The molecule has 1 aromatic rings. The van der Waals surface area contributed by atoms with Gasteiger partial charge in [-0.2, -0.15) is 0 Å². The lowest BCUT2D eigenvalue weighted by molar-refractivity contribution is -0.245. The van der Waals surface area contributed by atoms with Gasteiger partial charge in [0.1, 0.15) is 0 Å². The Bertz CT molecular complexity index is 369. The van der Waals surface area contributed by atoms with Gasteiger partial charge in [0.2, 0.25) is 0 Å². The minimum atomic E-state index is -1.35. The normalized spacial score (nSPS) is 11.3. The van der Waals surface area contributed by atoms with Crippen LogP contribution >= 0.6 is 0 Å². The summed E-state index contributed by atoms with van der Waals surface area (Å²) in [4.78, 5) is 12.2. The molecule has 0 saturated heterocycles. The number of hydrogen-bond donors (Lipinski definition) is 0. The summed E-state index contributed by atoms with van der Waals surface area (Å²) in [5.74, 6) is -1.82. The first-order valence-corrected chi connectivity index (χ1v) is 6.67. The fourth-order valence-corrected chi connectivity index (χ4v) is 1.91. The van der Waals surface area contributed by atoms with Crippen LogP contribution in [0.5, 0.6) is 0 Å². The fourth-order valence-electron chi connectivity index (χ4n) is 1.91. The van der Waals surface area contributed by atoms with Gasteiger partial charge in [-0.1, -0.05) is 30.3 Å². The molecule has 106 valence electrons. The van der Waals surface area contributed by atoms with Crippen LogP contribution in [0.1, 0.15) is 26.3 Å². The van der Waals surface area contributed by atoms with Gasteiger partial charge in [0, 0.05) is 19.6 Å². The average Bonchev–Trinajstić information content (AvgIpc) is 2.40. The Morgan fingerprint density at radius 1 is 1.00 bits per heavy atom. The molecule has 0 heterocycles. The van der Waals surface area contributed by atoms with Crippen LogP contribution in [0.15, 0.2) is 30.3 Å². The predicted molar refractivity (Wildman–Crippen MR) is 72.8 cm³/mol. The van der Waals surface area contributed by atoms with Crippen molar-refractivity contribution in [2.45, 2.75) is 33.0 Å². The van der Waals surface area contributed by atoms with Crippen molar-refractivity contribution in [2.75, 3.05) is 19.8 Å². The Morgan fingerprint density at radius 3 is 2.05 bits per heavy atom. The Morgan fingerprint density at radius 2 is 1.58 bits per heavy atom. The van der Waals surface area contributed by atoms with Crippen LogP contribution < -0.4 is 0 Å². The molecule has 0 N–H and O–H groups in total. The van der Waals surface area contributed by atoms with Crippen LogP contribution in [0.25, 0.3) is 0 Å². The van der Waals surface area contributed by atoms with E-state index in [1.165, 1.54) is 0 Å². The zero-order valence-electron chi connectivity index (χ0n) is 11.8. The van der Waals surface area contributed by atoms with E-state index in [1.54, 1.807) is 6.92 Å². The van der Waals surface area contributed by atoms with Crippen LogP contribution in [0.4, 0.5) is 0 Å². The Labute approximate surface area is 114 Å². The third-order valence-corrected chi connectivity index (χ3v) is 2.62. The minimum Gasteiger partial charge on any atom is -0.462 e. The van der Waals surface area contributed by atoms with Gasteiger partial charge in [0.15, 0.2) is 0 Å². The summed E-state index contributed by atoms with van der Waals surface area (Å²) in [6.45, 7) is 6.49. The van der Waals surface area contributed by atoms with Crippen molar-refractivity contribution in [3.8, 4) is 0 Å². The van der Waals surface area contributed by atoms with Gasteiger partial charge in [-0.05, 0) is 26.3 Å². The molecule has 0 atom stereocenters. The van der Waals surface area contributed by atoms with Crippen molar-refractivity contribution < 1.29 is 19.0 Å². The molecule has 0 radical (unpaired) electrons. The van der Waals surface area contributed by atoms with Crippen LogP contribution in [0, 0.1) is 0 Å². The lowest BCUT2D eigenvalue weighted by Gasteiger charge is -2.30. The summed E-state index contributed by atoms with van der Waals surface area (Å²) < 4.78 is 16.3. The number of rotatable bonds is 8. The molecular formula is C15H22O4. The third kappa shape index (κ3) is 4.33. The van der Waals surface area contributed by atoms with Gasteiger partial charge < -0.3 is 14.2 Å². The molecule has 0 unspecified atom stereocenters. The SMILES string of the molecule is CCOC(=O)C(Cc1ccccc1)(OCC)OCC. The molecule has 19 heavy (non-hydrogen) atoms. The topological polar surface area (TPSA) is 44.8 Å². The largest absolute Gasteiger partial charge is 0.462 e. The van der Waals surface area contributed by atoms with E-state index < -0.39 is 11.8 Å². The van der Waals surface area contributed by atoms with Gasteiger partial charge in [-0.25, -0.2) is 4.79 Å². The molecule has 4 heteroatoms. The predicted octanol–water partition coefficient (Wildman–Crippen LogP) is 2.56. The number of carbonyl (C=O) groups excluding carboxylic acids is 1. The third-order valence-electron chi connectivity index (χ3n) is 2.62. The smallest absolute Gasteiger partial charge is 0.367 e. The summed E-state index contributed by atoms with van der Waals surface area (Å²) in [7, 11) is 0. The van der Waals surface area contributed by atoms with Crippen molar-refractivity contribution in [1.29, 1.82) is 0 Å². The molecule has 0 aliphatic rings. The Hall–Kier alpha value is -1.39. The van der Waals surface area contributed by atoms with Gasteiger partial charge in [-0.3, -0.25) is 0 Å². The van der Waals surface area contributed by atoms with E-state index >= 15 is 0 Å². The number of ether oxygens (including phenoxy) is 3. The standard InChI is InChI=1S/C15H22O4/c1-4-17-14(16)15(18-5-2,19-6-3)12-13-10-8-7-9-11-13/h7-11H,4-6,12H2,1-3H3. The van der Waals surface area contributed by atoms with Gasteiger partial charge >= 0.3 is 5.97 Å². The lowest BCUT2D eigenvalue weighted by Crippen LogP contribution is -2.47. The lowest BCUT2D eigenvalue weighted by atomic mass is 10.0. The van der Waals surface area contributed by atoms with Gasteiger partial charge in [0.05, 0.1) is 6.61 Å². The molecule has 0 fully saturated rings. The summed E-state index contributed by atoms with van der Waals surface area (Å²) >= 11 is 0. The van der Waals surface area contributed by atoms with Crippen molar-refractivity contribution >= 4 is 5.97 Å². The van der Waals surface area contributed by atoms with Crippen molar-refractivity contribution in [2.24, 2.45) is 0 Å². The van der Waals surface area contributed by atoms with E-state index in [4.69, 9.17) is 14.2 Å². The van der Waals surface area contributed by atoms with Crippen LogP contribution in [0.2, 0.25) is 0 Å². The summed E-state index contributed by atoms with van der Waals surface area (Å²) in [5, 5.41) is 0. The molecule has 0 aliphatic heterocycles. The highest BCUT2D eigenvalue weighted by Crippen LogP contribution is 2.22. The zero-order chi connectivity index (χ0) is 14.1. The maximum absolute atomic E-state index is 12.2. The highest BCUT2D eigenvalue weighted by atomic mass is 16.7. The van der Waals surface area contributed by atoms with Crippen LogP contribution in [0.3, 0.4) is 0 Å². The Balaban J connectivity index is 2.97. The van der Waals surface area contributed by atoms with E-state index in [-0.39, 0.29) is 0 Å².